The Labute approximate surface area is 244 Å². The van der Waals surface area contributed by atoms with E-state index in [-0.39, 0.29) is 31.2 Å². The smallest absolute Gasteiger partial charge is 0.308 e. The van der Waals surface area contributed by atoms with E-state index >= 15 is 0 Å². The first-order valence-electron chi connectivity index (χ1n) is 15.0. The topological polar surface area (TPSA) is 92.2 Å². The number of pyridine rings is 1. The summed E-state index contributed by atoms with van der Waals surface area (Å²) in [5.41, 5.74) is 1.83. The Bertz CT molecular complexity index is 1150. The molecule has 0 saturated carbocycles. The van der Waals surface area contributed by atoms with Gasteiger partial charge in [-0.1, -0.05) is 25.5 Å². The maximum Gasteiger partial charge on any atom is 0.308 e. The molecule has 1 fully saturated rings. The van der Waals surface area contributed by atoms with Gasteiger partial charge in [-0.2, -0.15) is 0 Å². The molecule has 9 nitrogen and oxygen atoms in total. The average Bonchev–Trinajstić information content (AvgIpc) is 3.55. The summed E-state index contributed by atoms with van der Waals surface area (Å²) in [4.78, 5) is 35.2. The number of carbonyl (C=O) groups is 2. The number of nitrogens with zero attached hydrogens (tertiary/aromatic N) is 4. The van der Waals surface area contributed by atoms with E-state index in [1.807, 2.05) is 41.3 Å². The fraction of sp³-hybridized carbons (Fsp3) is 0.594. The minimum absolute atomic E-state index is 0.0852. The van der Waals surface area contributed by atoms with E-state index in [1.165, 1.54) is 0 Å². The van der Waals surface area contributed by atoms with Crippen LogP contribution in [0.3, 0.4) is 0 Å². The van der Waals surface area contributed by atoms with Gasteiger partial charge in [0.2, 0.25) is 12.7 Å². The van der Waals surface area contributed by atoms with Gasteiger partial charge in [0.15, 0.2) is 11.5 Å². The molecule has 3 atom stereocenters. The number of unbranched alkanes of at least 4 members (excludes halogenated alkanes) is 2. The highest BCUT2D eigenvalue weighted by molar-refractivity contribution is 5.79. The summed E-state index contributed by atoms with van der Waals surface area (Å²) in [6.45, 7) is 5.56. The monoisotopic (exact) mass is 567 g/mol. The number of ether oxygens (including phenoxy) is 2. The van der Waals surface area contributed by atoms with E-state index in [0.717, 1.165) is 61.1 Å². The summed E-state index contributed by atoms with van der Waals surface area (Å²) < 4.78 is 12.0. The minimum atomic E-state index is -0.836. The SMILES string of the molecule is CCCCN(CCCC[N+](C)(C)C)C(=O)CN1CC(c2ccc3c(c2)OCO3)C(C(=O)O)C1CCc1ccccn1. The Balaban J connectivity index is 1.54. The molecular formula is C32H47N4O5+. The van der Waals surface area contributed by atoms with Crippen molar-refractivity contribution in [1.82, 2.24) is 14.8 Å². The van der Waals surface area contributed by atoms with E-state index < -0.39 is 11.9 Å². The van der Waals surface area contributed by atoms with Crippen molar-refractivity contribution in [3.8, 4) is 11.5 Å². The quantitative estimate of drug-likeness (QED) is 0.257. The van der Waals surface area contributed by atoms with Crippen LogP contribution in [-0.2, 0) is 16.0 Å². The fourth-order valence-electron chi connectivity index (χ4n) is 6.05. The summed E-state index contributed by atoms with van der Waals surface area (Å²) in [6, 6.07) is 11.2. The Morgan fingerprint density at radius 1 is 1.07 bits per heavy atom. The Kier molecular flexibility index (Phi) is 10.6. The number of carboxylic acid groups (broad SMARTS) is 1. The predicted molar refractivity (Wildman–Crippen MR) is 158 cm³/mol. The zero-order valence-corrected chi connectivity index (χ0v) is 25.1. The molecule has 2 aliphatic heterocycles. The number of likely N-dealkylation sites (tertiary alicyclic amines) is 1. The third kappa shape index (κ3) is 8.42. The van der Waals surface area contributed by atoms with Crippen LogP contribution < -0.4 is 9.47 Å². The number of rotatable bonds is 15. The molecule has 0 radical (unpaired) electrons. The Morgan fingerprint density at radius 3 is 2.56 bits per heavy atom. The molecule has 4 rings (SSSR count). The largest absolute Gasteiger partial charge is 0.481 e. The van der Waals surface area contributed by atoms with Crippen LogP contribution in [0, 0.1) is 5.92 Å². The van der Waals surface area contributed by atoms with Crippen molar-refractivity contribution in [2.45, 2.75) is 57.4 Å². The number of hydrogen-bond acceptors (Lipinski definition) is 6. The van der Waals surface area contributed by atoms with Crippen molar-refractivity contribution in [1.29, 1.82) is 0 Å². The van der Waals surface area contributed by atoms with Crippen LogP contribution >= 0.6 is 0 Å². The van der Waals surface area contributed by atoms with Gasteiger partial charge >= 0.3 is 5.97 Å². The average molecular weight is 568 g/mol. The molecule has 1 saturated heterocycles. The van der Waals surface area contributed by atoms with E-state index in [9.17, 15) is 14.7 Å². The van der Waals surface area contributed by atoms with Crippen LogP contribution in [0.1, 0.15) is 56.2 Å². The molecular weight excluding hydrogens is 520 g/mol. The maximum absolute atomic E-state index is 13.8. The lowest BCUT2D eigenvalue weighted by atomic mass is 9.83. The second kappa shape index (κ2) is 14.1. The van der Waals surface area contributed by atoms with Gasteiger partial charge in [-0.15, -0.1) is 0 Å². The number of hydrogen-bond donors (Lipinski definition) is 1. The van der Waals surface area contributed by atoms with Crippen LogP contribution in [0.4, 0.5) is 0 Å². The lowest BCUT2D eigenvalue weighted by Crippen LogP contribution is -2.45. The highest BCUT2D eigenvalue weighted by atomic mass is 16.7. The van der Waals surface area contributed by atoms with Gasteiger partial charge in [-0.3, -0.25) is 19.5 Å². The summed E-state index contributed by atoms with van der Waals surface area (Å²) in [7, 11) is 6.57. The van der Waals surface area contributed by atoms with Gasteiger partial charge in [0.05, 0.1) is 40.2 Å². The van der Waals surface area contributed by atoms with E-state index in [0.29, 0.717) is 30.9 Å². The number of benzene rings is 1. The second-order valence-corrected chi connectivity index (χ2v) is 12.4. The van der Waals surface area contributed by atoms with E-state index in [2.05, 4.69) is 38.0 Å². The lowest BCUT2D eigenvalue weighted by Gasteiger charge is -2.30. The van der Waals surface area contributed by atoms with Crippen molar-refractivity contribution < 1.29 is 28.7 Å². The van der Waals surface area contributed by atoms with Gasteiger partial charge in [0, 0.05) is 43.5 Å². The van der Waals surface area contributed by atoms with Gasteiger partial charge in [0.25, 0.3) is 0 Å². The van der Waals surface area contributed by atoms with Gasteiger partial charge in [0.1, 0.15) is 0 Å². The predicted octanol–water partition coefficient (Wildman–Crippen LogP) is 4.03. The molecule has 2 aliphatic rings. The van der Waals surface area contributed by atoms with Crippen molar-refractivity contribution >= 4 is 11.9 Å². The van der Waals surface area contributed by atoms with Crippen LogP contribution in [-0.4, -0.2) is 103 Å². The van der Waals surface area contributed by atoms with Gasteiger partial charge in [-0.05, 0) is 61.9 Å². The standard InChI is InChI=1S/C32H46N4O5/c1-5-6-17-34(18-9-10-19-36(2,3)4)30(37)22-35-21-26(24-12-15-28-29(20-24)41-23-40-28)31(32(38)39)27(35)14-13-25-11-7-8-16-33-25/h7-8,11-12,15-16,20,26-27,31H,5-6,9-10,13-14,17-19,21-23H2,1-4H3/p+1. The number of aryl methyl sites for hydroxylation is 1. The molecule has 0 aliphatic carbocycles. The molecule has 0 bridgehead atoms. The van der Waals surface area contributed by atoms with Crippen molar-refractivity contribution in [2.24, 2.45) is 5.92 Å². The normalized spacial score (nSPS) is 20.3. The number of carboxylic acids is 1. The molecule has 41 heavy (non-hydrogen) atoms. The van der Waals surface area contributed by atoms with Crippen LogP contribution in [0.15, 0.2) is 42.6 Å². The highest BCUT2D eigenvalue weighted by Gasteiger charge is 2.47. The first-order valence-corrected chi connectivity index (χ1v) is 15.0. The van der Waals surface area contributed by atoms with Crippen molar-refractivity contribution in [3.63, 3.8) is 0 Å². The molecule has 1 N–H and O–H groups in total. The lowest BCUT2D eigenvalue weighted by molar-refractivity contribution is -0.870. The maximum atomic E-state index is 13.8. The second-order valence-electron chi connectivity index (χ2n) is 12.4. The summed E-state index contributed by atoms with van der Waals surface area (Å²) in [5, 5.41) is 10.5. The molecule has 0 spiro atoms. The van der Waals surface area contributed by atoms with Gasteiger partial charge in [-0.25, -0.2) is 0 Å². The number of aromatic nitrogens is 1. The van der Waals surface area contributed by atoms with Crippen LogP contribution in [0.25, 0.3) is 0 Å². The fourth-order valence-corrected chi connectivity index (χ4v) is 6.05. The zero-order chi connectivity index (χ0) is 29.4. The summed E-state index contributed by atoms with van der Waals surface area (Å²) in [6.07, 6.45) is 7.03. The molecule has 1 aromatic carbocycles. The number of quaternary nitrogens is 1. The highest BCUT2D eigenvalue weighted by Crippen LogP contribution is 2.43. The molecule has 1 amide bonds. The summed E-state index contributed by atoms with van der Waals surface area (Å²) >= 11 is 0. The summed E-state index contributed by atoms with van der Waals surface area (Å²) in [5.74, 6) is -0.350. The number of carbonyl (C=O) groups excluding carboxylic acids is 1. The molecule has 9 heteroatoms. The Hall–Kier alpha value is -3.17. The van der Waals surface area contributed by atoms with Crippen molar-refractivity contribution in [3.05, 3.63) is 53.9 Å². The molecule has 3 unspecified atom stereocenters. The first kappa shape index (κ1) is 30.8. The third-order valence-corrected chi connectivity index (χ3v) is 8.26. The number of amides is 1. The zero-order valence-electron chi connectivity index (χ0n) is 25.1. The molecule has 3 heterocycles. The van der Waals surface area contributed by atoms with Crippen LogP contribution in [0.5, 0.6) is 11.5 Å². The molecule has 224 valence electrons. The molecule has 2 aromatic rings. The third-order valence-electron chi connectivity index (χ3n) is 8.26. The number of fused-ring (bicyclic) bond motifs is 1. The van der Waals surface area contributed by atoms with Gasteiger partial charge < -0.3 is 24.0 Å². The first-order chi connectivity index (χ1) is 19.7. The Morgan fingerprint density at radius 2 is 1.85 bits per heavy atom. The van der Waals surface area contributed by atoms with Crippen molar-refractivity contribution in [2.75, 3.05) is 60.7 Å². The van der Waals surface area contributed by atoms with E-state index in [1.54, 1.807) is 6.20 Å². The molecule has 1 aromatic heterocycles. The van der Waals surface area contributed by atoms with Crippen LogP contribution in [0.2, 0.25) is 0 Å². The van der Waals surface area contributed by atoms with E-state index in [4.69, 9.17) is 9.47 Å². The minimum Gasteiger partial charge on any atom is -0.481 e. The number of aliphatic carboxylic acids is 1.